The highest BCUT2D eigenvalue weighted by Crippen LogP contribution is 2.27. The van der Waals surface area contributed by atoms with Crippen molar-refractivity contribution in [2.75, 3.05) is 11.9 Å². The Morgan fingerprint density at radius 2 is 1.68 bits per heavy atom. The number of halogens is 4. The zero-order valence-corrected chi connectivity index (χ0v) is 18.5. The van der Waals surface area contributed by atoms with Gasteiger partial charge in [0, 0.05) is 17.5 Å². The molecule has 176 valence electrons. The summed E-state index contributed by atoms with van der Waals surface area (Å²) in [6, 6.07) is 9.47. The maximum absolute atomic E-state index is 13.8. The van der Waals surface area contributed by atoms with Crippen LogP contribution in [-0.4, -0.2) is 27.3 Å². The van der Waals surface area contributed by atoms with Crippen LogP contribution in [0.5, 0.6) is 5.88 Å². The van der Waals surface area contributed by atoms with Gasteiger partial charge in [-0.15, -0.1) is 0 Å². The number of pyridine rings is 1. The summed E-state index contributed by atoms with van der Waals surface area (Å²) in [5, 5.41) is 7.18. The van der Waals surface area contributed by atoms with Gasteiger partial charge in [0.15, 0.2) is 35.5 Å². The van der Waals surface area contributed by atoms with E-state index >= 15 is 0 Å². The predicted molar refractivity (Wildman–Crippen MR) is 118 cm³/mol. The topological polar surface area (TPSA) is 69.0 Å². The average molecular weight is 472 g/mol. The lowest BCUT2D eigenvalue weighted by Gasteiger charge is -2.11. The molecule has 0 fully saturated rings. The summed E-state index contributed by atoms with van der Waals surface area (Å²) in [7, 11) is 0. The quantitative estimate of drug-likeness (QED) is 0.310. The van der Waals surface area contributed by atoms with Crippen LogP contribution < -0.4 is 10.1 Å². The zero-order chi connectivity index (χ0) is 24.6. The Labute approximate surface area is 192 Å². The Kier molecular flexibility index (Phi) is 6.23. The standard InChI is InChI=1S/C24H20F4N4O2/c1-4-14-5-7-15(8-6-14)32-24-20(13(3)31-32)12(2)9-19(30-24)34-11-18(33)29-23-21(27)16(25)10-17(26)22(23)28/h5-10H,4,11H2,1-3H3,(H,29,33). The first-order chi connectivity index (χ1) is 16.2. The molecule has 6 nitrogen and oxygen atoms in total. The molecular formula is C24H20F4N4O2. The first-order valence-electron chi connectivity index (χ1n) is 10.4. The van der Waals surface area contributed by atoms with E-state index in [-0.39, 0.29) is 11.9 Å². The molecule has 0 radical (unpaired) electrons. The van der Waals surface area contributed by atoms with Gasteiger partial charge >= 0.3 is 0 Å². The van der Waals surface area contributed by atoms with Gasteiger partial charge in [-0.05, 0) is 43.5 Å². The number of carbonyl (C=O) groups excluding carboxylic acids is 1. The SMILES string of the molecule is CCc1ccc(-n2nc(C)c3c(C)cc(OCC(=O)Nc4c(F)c(F)cc(F)c4F)nc32)cc1. The molecule has 1 amide bonds. The van der Waals surface area contributed by atoms with Crippen molar-refractivity contribution < 1.29 is 27.1 Å². The molecule has 4 aromatic rings. The number of hydrogen-bond donors (Lipinski definition) is 1. The van der Waals surface area contributed by atoms with Crippen LogP contribution in [0.1, 0.15) is 23.7 Å². The second-order valence-electron chi connectivity index (χ2n) is 7.67. The third-order valence-electron chi connectivity index (χ3n) is 5.30. The number of aromatic nitrogens is 3. The fourth-order valence-corrected chi connectivity index (χ4v) is 3.60. The van der Waals surface area contributed by atoms with Crippen LogP contribution in [0.4, 0.5) is 23.2 Å². The van der Waals surface area contributed by atoms with Gasteiger partial charge < -0.3 is 10.1 Å². The first kappa shape index (κ1) is 23.2. The van der Waals surface area contributed by atoms with E-state index < -0.39 is 41.5 Å². The molecule has 0 spiro atoms. The van der Waals surface area contributed by atoms with E-state index in [1.807, 2.05) is 38.1 Å². The number of aryl methyl sites for hydroxylation is 3. The second kappa shape index (κ2) is 9.12. The number of nitrogens with zero attached hydrogens (tertiary/aromatic N) is 3. The van der Waals surface area contributed by atoms with Gasteiger partial charge in [-0.3, -0.25) is 4.79 Å². The average Bonchev–Trinajstić information content (AvgIpc) is 3.16. The maximum Gasteiger partial charge on any atom is 0.262 e. The van der Waals surface area contributed by atoms with Crippen molar-refractivity contribution in [2.24, 2.45) is 0 Å². The third-order valence-corrected chi connectivity index (χ3v) is 5.30. The van der Waals surface area contributed by atoms with Gasteiger partial charge in [0.1, 0.15) is 5.69 Å². The highest BCUT2D eigenvalue weighted by Gasteiger charge is 2.21. The third kappa shape index (κ3) is 4.30. The lowest BCUT2D eigenvalue weighted by molar-refractivity contribution is -0.118. The maximum atomic E-state index is 13.8. The van der Waals surface area contributed by atoms with E-state index in [2.05, 4.69) is 17.0 Å². The molecule has 0 unspecified atom stereocenters. The van der Waals surface area contributed by atoms with Crippen LogP contribution in [-0.2, 0) is 11.2 Å². The molecule has 1 N–H and O–H groups in total. The van der Waals surface area contributed by atoms with Gasteiger partial charge in [0.2, 0.25) is 5.88 Å². The summed E-state index contributed by atoms with van der Waals surface area (Å²) in [6.07, 6.45) is 0.895. The lowest BCUT2D eigenvalue weighted by Crippen LogP contribution is -2.22. The number of ether oxygens (including phenoxy) is 1. The fourth-order valence-electron chi connectivity index (χ4n) is 3.60. The van der Waals surface area contributed by atoms with E-state index in [9.17, 15) is 22.4 Å². The summed E-state index contributed by atoms with van der Waals surface area (Å²) in [5.74, 6) is -7.64. The van der Waals surface area contributed by atoms with Crippen molar-refractivity contribution in [1.29, 1.82) is 0 Å². The van der Waals surface area contributed by atoms with Crippen LogP contribution in [0.2, 0.25) is 0 Å². The summed E-state index contributed by atoms with van der Waals surface area (Å²) in [4.78, 5) is 16.6. The molecule has 4 rings (SSSR count). The first-order valence-corrected chi connectivity index (χ1v) is 10.4. The molecule has 0 saturated carbocycles. The van der Waals surface area contributed by atoms with Gasteiger partial charge in [0.05, 0.1) is 11.4 Å². The molecule has 0 saturated heterocycles. The lowest BCUT2D eigenvalue weighted by atomic mass is 10.1. The predicted octanol–water partition coefficient (Wildman–Crippen LogP) is 5.17. The monoisotopic (exact) mass is 472 g/mol. The van der Waals surface area contributed by atoms with E-state index in [0.717, 1.165) is 28.8 Å². The van der Waals surface area contributed by atoms with E-state index in [4.69, 9.17) is 4.74 Å². The van der Waals surface area contributed by atoms with Gasteiger partial charge in [-0.2, -0.15) is 10.1 Å². The van der Waals surface area contributed by atoms with Crippen molar-refractivity contribution in [2.45, 2.75) is 27.2 Å². The molecule has 0 aliphatic rings. The number of nitrogens with one attached hydrogen (secondary N) is 1. The number of rotatable bonds is 6. The molecule has 2 heterocycles. The van der Waals surface area contributed by atoms with Gasteiger partial charge in [-0.25, -0.2) is 22.2 Å². The van der Waals surface area contributed by atoms with Crippen molar-refractivity contribution in [3.05, 3.63) is 76.5 Å². The number of hydrogen-bond acceptors (Lipinski definition) is 4. The van der Waals surface area contributed by atoms with Crippen molar-refractivity contribution in [3.63, 3.8) is 0 Å². The number of carbonyl (C=O) groups is 1. The molecule has 34 heavy (non-hydrogen) atoms. The van der Waals surface area contributed by atoms with Crippen molar-refractivity contribution in [1.82, 2.24) is 14.8 Å². The summed E-state index contributed by atoms with van der Waals surface area (Å²) in [5.41, 5.74) is 2.77. The minimum Gasteiger partial charge on any atom is -0.467 e. The Balaban J connectivity index is 1.59. The molecule has 0 aliphatic heterocycles. The highest BCUT2D eigenvalue weighted by molar-refractivity contribution is 5.92. The van der Waals surface area contributed by atoms with E-state index in [1.54, 1.807) is 16.1 Å². The van der Waals surface area contributed by atoms with Crippen LogP contribution >= 0.6 is 0 Å². The van der Waals surface area contributed by atoms with Crippen molar-refractivity contribution >= 4 is 22.6 Å². The zero-order valence-electron chi connectivity index (χ0n) is 18.5. The fraction of sp³-hybridized carbons (Fsp3) is 0.208. The van der Waals surface area contributed by atoms with Gasteiger partial charge in [-0.1, -0.05) is 19.1 Å². The number of fused-ring (bicyclic) bond motifs is 1. The Hall–Kier alpha value is -3.95. The number of amides is 1. The van der Waals surface area contributed by atoms with Crippen LogP contribution in [0.25, 0.3) is 16.7 Å². The van der Waals surface area contributed by atoms with Crippen LogP contribution in [0.15, 0.2) is 36.4 Å². The number of anilines is 1. The molecule has 0 aliphatic carbocycles. The smallest absolute Gasteiger partial charge is 0.262 e. The minimum absolute atomic E-state index is 0.0552. The Bertz CT molecular complexity index is 1370. The normalized spacial score (nSPS) is 11.1. The van der Waals surface area contributed by atoms with E-state index in [1.165, 1.54) is 5.56 Å². The molecule has 2 aromatic carbocycles. The second-order valence-corrected chi connectivity index (χ2v) is 7.67. The van der Waals surface area contributed by atoms with Crippen LogP contribution in [0.3, 0.4) is 0 Å². The molecular weight excluding hydrogens is 452 g/mol. The number of benzene rings is 2. The molecule has 2 aromatic heterocycles. The molecule has 10 heteroatoms. The van der Waals surface area contributed by atoms with Crippen LogP contribution in [0, 0.1) is 37.1 Å². The Morgan fingerprint density at radius 3 is 2.29 bits per heavy atom. The minimum atomic E-state index is -1.71. The summed E-state index contributed by atoms with van der Waals surface area (Å²) in [6.45, 7) is 5.04. The van der Waals surface area contributed by atoms with Gasteiger partial charge in [0.25, 0.3) is 5.91 Å². The van der Waals surface area contributed by atoms with Crippen molar-refractivity contribution in [3.8, 4) is 11.6 Å². The van der Waals surface area contributed by atoms with E-state index in [0.29, 0.717) is 5.65 Å². The molecule has 0 atom stereocenters. The summed E-state index contributed by atoms with van der Waals surface area (Å²) < 4.78 is 61.4. The Morgan fingerprint density at radius 1 is 1.03 bits per heavy atom. The largest absolute Gasteiger partial charge is 0.467 e. The molecule has 0 bridgehead atoms. The summed E-state index contributed by atoms with van der Waals surface area (Å²) >= 11 is 0. The highest BCUT2D eigenvalue weighted by atomic mass is 19.2.